The molecule has 0 saturated carbocycles. The summed E-state index contributed by atoms with van der Waals surface area (Å²) in [6.45, 7) is 0.393. The van der Waals surface area contributed by atoms with E-state index in [1.807, 2.05) is 0 Å². The number of nitrogens with two attached hydrogens (primary N) is 1. The summed E-state index contributed by atoms with van der Waals surface area (Å²) >= 11 is 0. The summed E-state index contributed by atoms with van der Waals surface area (Å²) in [6.07, 6.45) is 0. The lowest BCUT2D eigenvalue weighted by Crippen LogP contribution is -2.33. The molecule has 0 aliphatic rings. The fraction of sp³-hybridized carbons (Fsp3) is 0.125. The smallest absolute Gasteiger partial charge is 0.330 e. The summed E-state index contributed by atoms with van der Waals surface area (Å²) < 4.78 is 0. The zero-order valence-electron chi connectivity index (χ0n) is 11.3. The number of aliphatic carboxylic acids is 1. The average molecular weight is 284 g/mol. The number of carboxylic acids is 1. The molecule has 21 heavy (non-hydrogen) atoms. The molecule has 0 bridgehead atoms. The number of amides is 1. The predicted molar refractivity (Wildman–Crippen MR) is 78.6 cm³/mol. The van der Waals surface area contributed by atoms with Crippen LogP contribution in [0, 0.1) is 0 Å². The molecule has 1 atom stereocenters. The van der Waals surface area contributed by atoms with Crippen LogP contribution in [0.25, 0.3) is 0 Å². The summed E-state index contributed by atoms with van der Waals surface area (Å²) in [7, 11) is 0. The van der Waals surface area contributed by atoms with Crippen LogP contribution in [-0.4, -0.2) is 17.0 Å². The van der Waals surface area contributed by atoms with Crippen molar-refractivity contribution in [2.45, 2.75) is 12.6 Å². The second-order valence-corrected chi connectivity index (χ2v) is 4.56. The minimum Gasteiger partial charge on any atom is -0.479 e. The Morgan fingerprint density at radius 2 is 1.67 bits per heavy atom. The fourth-order valence-corrected chi connectivity index (χ4v) is 1.94. The third kappa shape index (κ3) is 3.67. The molecule has 2 aromatic rings. The Balaban J connectivity index is 2.16. The number of carbonyl (C=O) groups is 2. The molecule has 0 heterocycles. The van der Waals surface area contributed by atoms with Crippen LogP contribution in [0.1, 0.15) is 27.5 Å². The average Bonchev–Trinajstić information content (AvgIpc) is 2.53. The Kier molecular flexibility index (Phi) is 4.68. The highest BCUT2D eigenvalue weighted by Gasteiger charge is 2.22. The van der Waals surface area contributed by atoms with Crippen LogP contribution in [0.15, 0.2) is 54.6 Å². The van der Waals surface area contributed by atoms with E-state index in [0.717, 1.165) is 5.56 Å². The molecule has 1 amide bonds. The standard InChI is InChI=1S/C16H16N2O3/c17-10-11-6-8-13(9-7-11)15(19)18-14(16(20)21)12-4-2-1-3-5-12/h1-9,14H,10,17H2,(H,18,19)(H,20,21)/t14-/m0/s1. The van der Waals surface area contributed by atoms with E-state index in [2.05, 4.69) is 5.32 Å². The van der Waals surface area contributed by atoms with Gasteiger partial charge in [-0.2, -0.15) is 0 Å². The van der Waals surface area contributed by atoms with Crippen LogP contribution in [0.5, 0.6) is 0 Å². The van der Waals surface area contributed by atoms with Crippen molar-refractivity contribution < 1.29 is 14.7 Å². The quantitative estimate of drug-likeness (QED) is 0.779. The molecule has 5 nitrogen and oxygen atoms in total. The first-order valence-electron chi connectivity index (χ1n) is 6.49. The molecule has 0 radical (unpaired) electrons. The maximum Gasteiger partial charge on any atom is 0.330 e. The normalized spacial score (nSPS) is 11.7. The highest BCUT2D eigenvalue weighted by molar-refractivity contribution is 5.96. The number of carboxylic acid groups (broad SMARTS) is 1. The van der Waals surface area contributed by atoms with E-state index in [1.165, 1.54) is 0 Å². The predicted octanol–water partition coefficient (Wildman–Crippen LogP) is 1.70. The minimum atomic E-state index is -1.10. The van der Waals surface area contributed by atoms with Crippen molar-refractivity contribution >= 4 is 11.9 Å². The van der Waals surface area contributed by atoms with Crippen LogP contribution >= 0.6 is 0 Å². The summed E-state index contributed by atoms with van der Waals surface area (Å²) in [5.74, 6) is -1.54. The molecule has 2 aromatic carbocycles. The van der Waals surface area contributed by atoms with Gasteiger partial charge in [0.05, 0.1) is 0 Å². The van der Waals surface area contributed by atoms with Gasteiger partial charge in [-0.05, 0) is 23.3 Å². The Hall–Kier alpha value is -2.66. The van der Waals surface area contributed by atoms with Crippen LogP contribution in [0.2, 0.25) is 0 Å². The molecule has 0 unspecified atom stereocenters. The monoisotopic (exact) mass is 284 g/mol. The Labute approximate surface area is 122 Å². The molecule has 0 fully saturated rings. The molecule has 0 aliphatic heterocycles. The number of rotatable bonds is 5. The van der Waals surface area contributed by atoms with Gasteiger partial charge in [-0.15, -0.1) is 0 Å². The van der Waals surface area contributed by atoms with E-state index in [1.54, 1.807) is 54.6 Å². The summed E-state index contributed by atoms with van der Waals surface area (Å²) in [4.78, 5) is 23.5. The molecule has 2 rings (SSSR count). The maximum atomic E-state index is 12.1. The fourth-order valence-electron chi connectivity index (χ4n) is 1.94. The highest BCUT2D eigenvalue weighted by atomic mass is 16.4. The van der Waals surface area contributed by atoms with Gasteiger partial charge in [0.1, 0.15) is 0 Å². The lowest BCUT2D eigenvalue weighted by Gasteiger charge is -2.15. The first-order valence-corrected chi connectivity index (χ1v) is 6.49. The third-order valence-corrected chi connectivity index (χ3v) is 3.11. The van der Waals surface area contributed by atoms with Gasteiger partial charge in [-0.3, -0.25) is 4.79 Å². The first-order chi connectivity index (χ1) is 10.1. The molecule has 5 heteroatoms. The summed E-state index contributed by atoms with van der Waals surface area (Å²) in [5, 5.41) is 11.8. The number of hydrogen-bond acceptors (Lipinski definition) is 3. The van der Waals surface area contributed by atoms with Gasteiger partial charge >= 0.3 is 5.97 Å². The lowest BCUT2D eigenvalue weighted by atomic mass is 10.1. The van der Waals surface area contributed by atoms with Gasteiger partial charge in [0.2, 0.25) is 0 Å². The molecular weight excluding hydrogens is 268 g/mol. The molecule has 108 valence electrons. The largest absolute Gasteiger partial charge is 0.479 e. The zero-order valence-corrected chi connectivity index (χ0v) is 11.3. The molecule has 0 aliphatic carbocycles. The molecule has 0 aromatic heterocycles. The number of nitrogens with one attached hydrogen (secondary N) is 1. The van der Waals surface area contributed by atoms with Gasteiger partial charge in [0.25, 0.3) is 5.91 Å². The van der Waals surface area contributed by atoms with Gasteiger partial charge in [0.15, 0.2) is 6.04 Å². The van der Waals surface area contributed by atoms with E-state index in [9.17, 15) is 14.7 Å². The van der Waals surface area contributed by atoms with E-state index in [4.69, 9.17) is 5.73 Å². The number of benzene rings is 2. The SMILES string of the molecule is NCc1ccc(C(=O)N[C@H](C(=O)O)c2ccccc2)cc1. The number of hydrogen-bond donors (Lipinski definition) is 3. The van der Waals surface area contributed by atoms with E-state index in [0.29, 0.717) is 17.7 Å². The van der Waals surface area contributed by atoms with Gasteiger partial charge in [-0.25, -0.2) is 4.79 Å². The van der Waals surface area contributed by atoms with Crippen LogP contribution in [0.4, 0.5) is 0 Å². The maximum absolute atomic E-state index is 12.1. The van der Waals surface area contributed by atoms with E-state index >= 15 is 0 Å². The molecule has 0 spiro atoms. The van der Waals surface area contributed by atoms with Crippen molar-refractivity contribution in [2.24, 2.45) is 5.73 Å². The molecule has 0 saturated heterocycles. The van der Waals surface area contributed by atoms with Crippen molar-refractivity contribution in [1.82, 2.24) is 5.32 Å². The summed E-state index contributed by atoms with van der Waals surface area (Å²) in [5.41, 5.74) is 7.32. The Bertz CT molecular complexity index is 624. The van der Waals surface area contributed by atoms with Crippen molar-refractivity contribution in [2.75, 3.05) is 0 Å². The van der Waals surface area contributed by atoms with Crippen LogP contribution in [0.3, 0.4) is 0 Å². The highest BCUT2D eigenvalue weighted by Crippen LogP contribution is 2.14. The van der Waals surface area contributed by atoms with Gasteiger partial charge < -0.3 is 16.2 Å². The number of carbonyl (C=O) groups excluding carboxylic acids is 1. The Morgan fingerprint density at radius 1 is 1.05 bits per heavy atom. The van der Waals surface area contributed by atoms with Crippen molar-refractivity contribution in [3.05, 3.63) is 71.3 Å². The first kappa shape index (κ1) is 14.7. The van der Waals surface area contributed by atoms with Gasteiger partial charge in [0, 0.05) is 12.1 Å². The third-order valence-electron chi connectivity index (χ3n) is 3.11. The molecular formula is C16H16N2O3. The van der Waals surface area contributed by atoms with Crippen LogP contribution < -0.4 is 11.1 Å². The van der Waals surface area contributed by atoms with Crippen molar-refractivity contribution in [1.29, 1.82) is 0 Å². The van der Waals surface area contributed by atoms with Gasteiger partial charge in [-0.1, -0.05) is 42.5 Å². The van der Waals surface area contributed by atoms with Crippen LogP contribution in [-0.2, 0) is 11.3 Å². The second kappa shape index (κ2) is 6.67. The minimum absolute atomic E-state index is 0.393. The topological polar surface area (TPSA) is 92.4 Å². The Morgan fingerprint density at radius 3 is 2.19 bits per heavy atom. The van der Waals surface area contributed by atoms with E-state index in [-0.39, 0.29) is 0 Å². The van der Waals surface area contributed by atoms with Crippen molar-refractivity contribution in [3.8, 4) is 0 Å². The zero-order chi connectivity index (χ0) is 15.2. The lowest BCUT2D eigenvalue weighted by molar-refractivity contribution is -0.139. The second-order valence-electron chi connectivity index (χ2n) is 4.56. The molecule has 4 N–H and O–H groups in total. The van der Waals surface area contributed by atoms with E-state index < -0.39 is 17.9 Å². The summed E-state index contributed by atoms with van der Waals surface area (Å²) in [6, 6.07) is 14.2. The van der Waals surface area contributed by atoms with Crippen molar-refractivity contribution in [3.63, 3.8) is 0 Å².